The minimum absolute atomic E-state index is 0.186. The van der Waals surface area contributed by atoms with Crippen molar-refractivity contribution in [2.75, 3.05) is 6.54 Å². The van der Waals surface area contributed by atoms with E-state index >= 15 is 0 Å². The zero-order valence-electron chi connectivity index (χ0n) is 14.5. The van der Waals surface area contributed by atoms with Crippen molar-refractivity contribution < 1.29 is 29.4 Å². The largest absolute Gasteiger partial charge is 0.481 e. The summed E-state index contributed by atoms with van der Waals surface area (Å²) < 4.78 is 0. The van der Waals surface area contributed by atoms with Gasteiger partial charge in [-0.05, 0) is 11.6 Å². The van der Waals surface area contributed by atoms with Crippen LogP contribution in [0.15, 0.2) is 24.3 Å². The number of carbonyl (C=O) groups excluding carboxylic acids is 2. The highest BCUT2D eigenvalue weighted by atomic mass is 16.4. The van der Waals surface area contributed by atoms with Crippen molar-refractivity contribution >= 4 is 23.8 Å². The van der Waals surface area contributed by atoms with Crippen LogP contribution in [-0.4, -0.2) is 50.9 Å². The number of terminal acetylenes is 1. The molecule has 0 aromatic heterocycles. The van der Waals surface area contributed by atoms with Gasteiger partial charge in [-0.15, -0.1) is 6.42 Å². The van der Waals surface area contributed by atoms with E-state index < -0.39 is 53.6 Å². The summed E-state index contributed by atoms with van der Waals surface area (Å²) in [7, 11) is 0. The molecule has 0 radical (unpaired) electrons. The zero-order valence-corrected chi connectivity index (χ0v) is 14.5. The van der Waals surface area contributed by atoms with E-state index in [2.05, 4.69) is 11.2 Å². The monoisotopic (exact) mass is 381 g/mol. The van der Waals surface area contributed by atoms with Gasteiger partial charge >= 0.3 is 11.9 Å². The van der Waals surface area contributed by atoms with Gasteiger partial charge in [0.05, 0.1) is 36.4 Å². The van der Waals surface area contributed by atoms with Crippen LogP contribution in [0.5, 0.6) is 0 Å². The fraction of sp³-hybridized carbons (Fsp3) is 0.316. The summed E-state index contributed by atoms with van der Waals surface area (Å²) in [4.78, 5) is 50.1. The molecule has 142 valence electrons. The van der Waals surface area contributed by atoms with Gasteiger partial charge in [0.15, 0.2) is 0 Å². The van der Waals surface area contributed by atoms with E-state index in [0.29, 0.717) is 5.56 Å². The molecule has 4 unspecified atom stereocenters. The van der Waals surface area contributed by atoms with E-state index in [1.807, 2.05) is 6.07 Å². The number of hydrogen-bond acceptors (Lipinski definition) is 6. The highest BCUT2D eigenvalue weighted by Crippen LogP contribution is 2.50. The van der Waals surface area contributed by atoms with E-state index in [-0.39, 0.29) is 12.1 Å². The molecule has 2 aliphatic heterocycles. The first-order valence-corrected chi connectivity index (χ1v) is 8.29. The third kappa shape index (κ3) is 2.61. The molecule has 28 heavy (non-hydrogen) atoms. The quantitative estimate of drug-likeness (QED) is 0.466. The maximum atomic E-state index is 12.9. The molecule has 9 heteroatoms. The summed E-state index contributed by atoms with van der Waals surface area (Å²) in [6, 6.07) is 7.16. The molecular formula is C19H15N3O6. The van der Waals surface area contributed by atoms with Crippen LogP contribution in [0, 0.1) is 35.5 Å². The Morgan fingerprint density at radius 2 is 1.93 bits per heavy atom. The Morgan fingerprint density at radius 3 is 2.50 bits per heavy atom. The molecule has 9 nitrogen and oxygen atoms in total. The molecule has 1 aromatic carbocycles. The normalized spacial score (nSPS) is 28.5. The molecule has 4 atom stereocenters. The number of rotatable bonds is 5. The molecular weight excluding hydrogens is 366 g/mol. The number of benzene rings is 1. The van der Waals surface area contributed by atoms with Crippen LogP contribution in [0.4, 0.5) is 0 Å². The number of carboxylic acids is 2. The van der Waals surface area contributed by atoms with Gasteiger partial charge in [-0.1, -0.05) is 24.1 Å². The zero-order chi connectivity index (χ0) is 20.6. The predicted octanol–water partition coefficient (Wildman–Crippen LogP) is -0.265. The first kappa shape index (κ1) is 19.1. The smallest absolute Gasteiger partial charge is 0.325 e. The fourth-order valence-corrected chi connectivity index (χ4v) is 4.12. The van der Waals surface area contributed by atoms with Gasteiger partial charge in [0.2, 0.25) is 11.8 Å². The summed E-state index contributed by atoms with van der Waals surface area (Å²) in [5.74, 6) is -5.00. The highest BCUT2D eigenvalue weighted by Gasteiger charge is 2.69. The maximum Gasteiger partial charge on any atom is 0.325 e. The van der Waals surface area contributed by atoms with Crippen LogP contribution in [0.1, 0.15) is 23.6 Å². The van der Waals surface area contributed by atoms with Gasteiger partial charge in [0, 0.05) is 6.04 Å². The minimum atomic E-state index is -2.21. The Kier molecular flexibility index (Phi) is 4.63. The van der Waals surface area contributed by atoms with Crippen LogP contribution in [0.2, 0.25) is 0 Å². The number of nitrogens with one attached hydrogen (secondary N) is 1. The third-order valence-electron chi connectivity index (χ3n) is 5.22. The van der Waals surface area contributed by atoms with E-state index in [1.165, 1.54) is 12.1 Å². The third-order valence-corrected chi connectivity index (χ3v) is 5.22. The van der Waals surface area contributed by atoms with Gasteiger partial charge in [0.1, 0.15) is 5.54 Å². The van der Waals surface area contributed by atoms with Crippen LogP contribution in [-0.2, 0) is 19.2 Å². The Balaban J connectivity index is 2.22. The van der Waals surface area contributed by atoms with Crippen LogP contribution in [0.25, 0.3) is 0 Å². The van der Waals surface area contributed by atoms with Crippen molar-refractivity contribution in [1.82, 2.24) is 10.2 Å². The number of imide groups is 1. The van der Waals surface area contributed by atoms with Crippen LogP contribution >= 0.6 is 0 Å². The lowest BCUT2D eigenvalue weighted by Gasteiger charge is -2.29. The SMILES string of the molecule is C#CCN1C(=O)C2C(c3ccccc3C#N)NC(CC(=O)O)(C(=O)O)C2C1=O. The molecule has 1 aromatic rings. The maximum absolute atomic E-state index is 12.9. The van der Waals surface area contributed by atoms with E-state index in [4.69, 9.17) is 6.42 Å². The number of carbonyl (C=O) groups is 4. The molecule has 2 heterocycles. The topological polar surface area (TPSA) is 148 Å². The first-order valence-electron chi connectivity index (χ1n) is 8.29. The summed E-state index contributed by atoms with van der Waals surface area (Å²) in [6.07, 6.45) is 4.30. The number of nitriles is 1. The molecule has 2 amide bonds. The van der Waals surface area contributed by atoms with Gasteiger partial charge in [-0.2, -0.15) is 5.26 Å². The summed E-state index contributed by atoms with van der Waals surface area (Å²) in [6.45, 7) is -0.347. The van der Waals surface area contributed by atoms with E-state index in [0.717, 1.165) is 4.90 Å². The lowest BCUT2D eigenvalue weighted by Crippen LogP contribution is -2.57. The molecule has 2 fully saturated rings. The molecule has 0 saturated carbocycles. The summed E-state index contributed by atoms with van der Waals surface area (Å²) in [5.41, 5.74) is -1.71. The van der Waals surface area contributed by atoms with E-state index in [1.54, 1.807) is 12.1 Å². The molecule has 0 aliphatic carbocycles. The van der Waals surface area contributed by atoms with Crippen LogP contribution in [0.3, 0.4) is 0 Å². The van der Waals surface area contributed by atoms with Crippen molar-refractivity contribution in [1.29, 1.82) is 5.26 Å². The molecule has 3 N–H and O–H groups in total. The van der Waals surface area contributed by atoms with Crippen LogP contribution < -0.4 is 5.32 Å². The summed E-state index contributed by atoms with van der Waals surface area (Å²) in [5, 5.41) is 31.2. The Hall–Kier alpha value is -3.69. The molecule has 2 saturated heterocycles. The summed E-state index contributed by atoms with van der Waals surface area (Å²) >= 11 is 0. The highest BCUT2D eigenvalue weighted by molar-refractivity contribution is 6.10. The number of carboxylic acid groups (broad SMARTS) is 2. The van der Waals surface area contributed by atoms with Gasteiger partial charge < -0.3 is 10.2 Å². The minimum Gasteiger partial charge on any atom is -0.481 e. The number of hydrogen-bond donors (Lipinski definition) is 3. The number of fused-ring (bicyclic) bond motifs is 1. The second-order valence-corrected chi connectivity index (χ2v) is 6.64. The molecule has 3 rings (SSSR count). The second-order valence-electron chi connectivity index (χ2n) is 6.64. The average Bonchev–Trinajstić information content (AvgIpc) is 3.11. The van der Waals surface area contributed by atoms with Crippen molar-refractivity contribution in [3.63, 3.8) is 0 Å². The second kappa shape index (κ2) is 6.80. The molecule has 2 aliphatic rings. The number of likely N-dealkylation sites (tertiary alicyclic amines) is 1. The van der Waals surface area contributed by atoms with Crippen molar-refractivity contribution in [3.05, 3.63) is 35.4 Å². The van der Waals surface area contributed by atoms with Crippen molar-refractivity contribution in [3.8, 4) is 18.4 Å². The van der Waals surface area contributed by atoms with Crippen molar-refractivity contribution in [2.24, 2.45) is 11.8 Å². The van der Waals surface area contributed by atoms with Gasteiger partial charge in [0.25, 0.3) is 0 Å². The predicted molar refractivity (Wildman–Crippen MR) is 92.2 cm³/mol. The van der Waals surface area contributed by atoms with Gasteiger partial charge in [-0.3, -0.25) is 29.4 Å². The Bertz CT molecular complexity index is 975. The Labute approximate surface area is 159 Å². The number of nitrogens with zero attached hydrogens (tertiary/aromatic N) is 2. The number of aliphatic carboxylic acids is 2. The van der Waals surface area contributed by atoms with Gasteiger partial charge in [-0.25, -0.2) is 0 Å². The number of amides is 2. The first-order chi connectivity index (χ1) is 13.3. The molecule has 0 bridgehead atoms. The lowest BCUT2D eigenvalue weighted by atomic mass is 9.77. The Morgan fingerprint density at radius 1 is 1.25 bits per heavy atom. The fourth-order valence-electron chi connectivity index (χ4n) is 4.12. The molecule has 0 spiro atoms. The van der Waals surface area contributed by atoms with Crippen molar-refractivity contribution in [2.45, 2.75) is 18.0 Å². The average molecular weight is 381 g/mol. The lowest BCUT2D eigenvalue weighted by molar-refractivity contribution is -0.155. The standard InChI is InChI=1S/C19H15N3O6/c1-2-7-22-16(25)13-14(17(22)26)19(18(27)28,8-12(23)24)21-15(13)11-6-4-3-5-10(11)9-20/h1,3-6,13-15,21H,7-8H2,(H,23,24)(H,27,28). The van der Waals surface area contributed by atoms with E-state index in [9.17, 15) is 34.7 Å².